The Morgan fingerprint density at radius 1 is 1.38 bits per heavy atom. The first-order valence-corrected chi connectivity index (χ1v) is 7.01. The molecule has 1 aliphatic rings. The minimum absolute atomic E-state index is 0.613. The van der Waals surface area contributed by atoms with Gasteiger partial charge in [-0.25, -0.2) is 0 Å². The van der Waals surface area contributed by atoms with Crippen molar-refractivity contribution in [1.82, 2.24) is 10.2 Å². The van der Waals surface area contributed by atoms with Crippen LogP contribution in [0, 0.1) is 11.8 Å². The third-order valence-electron chi connectivity index (χ3n) is 3.44. The van der Waals surface area contributed by atoms with Crippen molar-refractivity contribution in [2.45, 2.75) is 39.8 Å². The molecule has 2 unspecified atom stereocenters. The Hall–Kier alpha value is 0.140. The fourth-order valence-corrected chi connectivity index (χ4v) is 2.68. The van der Waals surface area contributed by atoms with Crippen LogP contribution in [0.15, 0.2) is 11.1 Å². The molecular formula is C13H25BrN2. The molecule has 0 aliphatic carbocycles. The topological polar surface area (TPSA) is 15.3 Å². The second-order valence-electron chi connectivity index (χ2n) is 5.52. The summed E-state index contributed by atoms with van der Waals surface area (Å²) in [5.74, 6) is 1.38. The summed E-state index contributed by atoms with van der Waals surface area (Å²) < 4.78 is 1.09. The number of piperazine rings is 1. The molecule has 3 heteroatoms. The van der Waals surface area contributed by atoms with Crippen LogP contribution in [0.1, 0.15) is 27.7 Å². The van der Waals surface area contributed by atoms with Crippen LogP contribution >= 0.6 is 15.9 Å². The lowest BCUT2D eigenvalue weighted by atomic mass is 9.94. The van der Waals surface area contributed by atoms with Gasteiger partial charge in [-0.3, -0.25) is 4.90 Å². The molecule has 0 spiro atoms. The Kier molecular flexibility index (Phi) is 5.48. The fourth-order valence-electron chi connectivity index (χ4n) is 2.36. The van der Waals surface area contributed by atoms with Gasteiger partial charge in [-0.1, -0.05) is 50.2 Å². The number of hydrogen-bond donors (Lipinski definition) is 1. The summed E-state index contributed by atoms with van der Waals surface area (Å²) in [6.45, 7) is 16.3. The van der Waals surface area contributed by atoms with Gasteiger partial charge in [0.1, 0.15) is 0 Å². The van der Waals surface area contributed by atoms with Gasteiger partial charge in [0.15, 0.2) is 0 Å². The molecule has 2 atom stereocenters. The van der Waals surface area contributed by atoms with E-state index in [1.807, 2.05) is 0 Å². The molecule has 0 aromatic carbocycles. The zero-order valence-corrected chi connectivity index (χ0v) is 12.5. The molecule has 1 heterocycles. The van der Waals surface area contributed by atoms with Gasteiger partial charge in [-0.15, -0.1) is 0 Å². The summed E-state index contributed by atoms with van der Waals surface area (Å²) in [5.41, 5.74) is 0. The van der Waals surface area contributed by atoms with E-state index in [2.05, 4.69) is 60.4 Å². The highest BCUT2D eigenvalue weighted by atomic mass is 79.9. The summed E-state index contributed by atoms with van der Waals surface area (Å²) in [6.07, 6.45) is 0. The SMILES string of the molecule is C=C(Br)CN1CC(C(C)C)NCC1C(C)C. The molecule has 1 saturated heterocycles. The van der Waals surface area contributed by atoms with Crippen LogP contribution in [-0.4, -0.2) is 36.6 Å². The van der Waals surface area contributed by atoms with Gasteiger partial charge in [-0.05, 0) is 11.8 Å². The number of halogens is 1. The molecule has 1 aliphatic heterocycles. The molecule has 94 valence electrons. The van der Waals surface area contributed by atoms with E-state index in [1.165, 1.54) is 0 Å². The summed E-state index contributed by atoms with van der Waals surface area (Å²) in [5, 5.41) is 3.67. The van der Waals surface area contributed by atoms with Crippen molar-refractivity contribution in [3.63, 3.8) is 0 Å². The van der Waals surface area contributed by atoms with Gasteiger partial charge in [0, 0.05) is 36.2 Å². The van der Waals surface area contributed by atoms with Crippen molar-refractivity contribution in [2.75, 3.05) is 19.6 Å². The van der Waals surface area contributed by atoms with Crippen molar-refractivity contribution >= 4 is 15.9 Å². The minimum Gasteiger partial charge on any atom is -0.311 e. The first kappa shape index (κ1) is 14.2. The van der Waals surface area contributed by atoms with Gasteiger partial charge >= 0.3 is 0 Å². The highest BCUT2D eigenvalue weighted by molar-refractivity contribution is 9.11. The molecule has 1 fully saturated rings. The van der Waals surface area contributed by atoms with Gasteiger partial charge in [0.2, 0.25) is 0 Å². The minimum atomic E-state index is 0.613. The Morgan fingerprint density at radius 3 is 2.44 bits per heavy atom. The molecule has 0 bridgehead atoms. The van der Waals surface area contributed by atoms with Crippen molar-refractivity contribution in [2.24, 2.45) is 11.8 Å². The smallest absolute Gasteiger partial charge is 0.0298 e. The second-order valence-corrected chi connectivity index (χ2v) is 6.64. The predicted molar refractivity (Wildman–Crippen MR) is 74.9 cm³/mol. The summed E-state index contributed by atoms with van der Waals surface area (Å²) in [4.78, 5) is 2.56. The third-order valence-corrected chi connectivity index (χ3v) is 3.69. The van der Waals surface area contributed by atoms with Crippen molar-refractivity contribution in [3.05, 3.63) is 11.1 Å². The maximum Gasteiger partial charge on any atom is 0.0298 e. The predicted octanol–water partition coefficient (Wildman–Crippen LogP) is 2.85. The molecule has 0 aromatic heterocycles. The van der Waals surface area contributed by atoms with Crippen molar-refractivity contribution in [3.8, 4) is 0 Å². The molecule has 2 nitrogen and oxygen atoms in total. The van der Waals surface area contributed by atoms with E-state index in [9.17, 15) is 0 Å². The summed E-state index contributed by atoms with van der Waals surface area (Å²) >= 11 is 3.49. The van der Waals surface area contributed by atoms with Crippen LogP contribution in [0.25, 0.3) is 0 Å². The second kappa shape index (κ2) is 6.18. The van der Waals surface area contributed by atoms with Crippen LogP contribution in [0.5, 0.6) is 0 Å². The number of nitrogens with one attached hydrogen (secondary N) is 1. The Balaban J connectivity index is 2.65. The van der Waals surface area contributed by atoms with E-state index in [0.717, 1.165) is 24.1 Å². The van der Waals surface area contributed by atoms with Gasteiger partial charge in [0.25, 0.3) is 0 Å². The van der Waals surface area contributed by atoms with Crippen LogP contribution in [0.4, 0.5) is 0 Å². The average Bonchev–Trinajstić information content (AvgIpc) is 2.15. The van der Waals surface area contributed by atoms with E-state index in [4.69, 9.17) is 0 Å². The quantitative estimate of drug-likeness (QED) is 0.856. The number of hydrogen-bond acceptors (Lipinski definition) is 2. The lowest BCUT2D eigenvalue weighted by Crippen LogP contribution is -2.59. The lowest BCUT2D eigenvalue weighted by molar-refractivity contribution is 0.0964. The zero-order valence-electron chi connectivity index (χ0n) is 11.0. The van der Waals surface area contributed by atoms with E-state index in [-0.39, 0.29) is 0 Å². The molecule has 16 heavy (non-hydrogen) atoms. The maximum atomic E-state index is 3.97. The highest BCUT2D eigenvalue weighted by Gasteiger charge is 2.30. The molecule has 0 saturated carbocycles. The Bertz CT molecular complexity index is 238. The molecule has 1 N–H and O–H groups in total. The molecule has 0 radical (unpaired) electrons. The van der Waals surface area contributed by atoms with Gasteiger partial charge in [0.05, 0.1) is 0 Å². The molecule has 0 aromatic rings. The summed E-state index contributed by atoms with van der Waals surface area (Å²) in [7, 11) is 0. The Labute approximate surface area is 109 Å². The molecule has 1 rings (SSSR count). The van der Waals surface area contributed by atoms with E-state index >= 15 is 0 Å². The first-order chi connectivity index (χ1) is 7.41. The van der Waals surface area contributed by atoms with Crippen molar-refractivity contribution in [1.29, 1.82) is 0 Å². The monoisotopic (exact) mass is 288 g/mol. The van der Waals surface area contributed by atoms with E-state index in [1.54, 1.807) is 0 Å². The standard InChI is InChI=1S/C13H25BrN2/c1-9(2)12-8-16(7-11(5)14)13(6-15-12)10(3)4/h9-10,12-13,15H,5-8H2,1-4H3. The largest absolute Gasteiger partial charge is 0.311 e. The van der Waals surface area contributed by atoms with Crippen LogP contribution < -0.4 is 5.32 Å². The third kappa shape index (κ3) is 3.86. The van der Waals surface area contributed by atoms with Gasteiger partial charge in [-0.2, -0.15) is 0 Å². The molecular weight excluding hydrogens is 264 g/mol. The normalized spacial score (nSPS) is 27.7. The maximum absolute atomic E-state index is 3.97. The summed E-state index contributed by atoms with van der Waals surface area (Å²) in [6, 6.07) is 1.24. The molecule has 0 amide bonds. The van der Waals surface area contributed by atoms with Gasteiger partial charge < -0.3 is 5.32 Å². The van der Waals surface area contributed by atoms with E-state index < -0.39 is 0 Å². The lowest BCUT2D eigenvalue weighted by Gasteiger charge is -2.43. The average molecular weight is 289 g/mol. The van der Waals surface area contributed by atoms with Crippen LogP contribution in [-0.2, 0) is 0 Å². The van der Waals surface area contributed by atoms with Crippen LogP contribution in [0.2, 0.25) is 0 Å². The Morgan fingerprint density at radius 2 is 2.00 bits per heavy atom. The van der Waals surface area contributed by atoms with Crippen molar-refractivity contribution < 1.29 is 0 Å². The fraction of sp³-hybridized carbons (Fsp3) is 0.846. The number of nitrogens with zero attached hydrogens (tertiary/aromatic N) is 1. The first-order valence-electron chi connectivity index (χ1n) is 6.22. The number of rotatable bonds is 4. The zero-order chi connectivity index (χ0) is 12.3. The highest BCUT2D eigenvalue weighted by Crippen LogP contribution is 2.20. The van der Waals surface area contributed by atoms with Crippen LogP contribution in [0.3, 0.4) is 0 Å². The van der Waals surface area contributed by atoms with E-state index in [0.29, 0.717) is 23.9 Å².